The molecule has 0 radical (unpaired) electrons. The van der Waals surface area contributed by atoms with Crippen molar-refractivity contribution in [2.75, 3.05) is 11.4 Å². The second-order valence-corrected chi connectivity index (χ2v) is 9.69. The van der Waals surface area contributed by atoms with Crippen LogP contribution in [0.1, 0.15) is 49.2 Å². The molecule has 0 aliphatic carbocycles. The van der Waals surface area contributed by atoms with Gasteiger partial charge in [0.25, 0.3) is 0 Å². The van der Waals surface area contributed by atoms with Crippen LogP contribution in [0.15, 0.2) is 77.4 Å². The lowest BCUT2D eigenvalue weighted by Gasteiger charge is -2.32. The highest BCUT2D eigenvalue weighted by molar-refractivity contribution is 9.10. The van der Waals surface area contributed by atoms with Gasteiger partial charge in [0.15, 0.2) is 0 Å². The first-order valence-electron chi connectivity index (χ1n) is 11.1. The number of esters is 1. The fourth-order valence-electron chi connectivity index (χ4n) is 3.42. The van der Waals surface area contributed by atoms with Gasteiger partial charge in [0, 0.05) is 23.6 Å². The zero-order valence-corrected chi connectivity index (χ0v) is 21.2. The second kappa shape index (κ2) is 11.4. The normalized spacial score (nSPS) is 12.3. The number of pyridine rings is 1. The Hall–Kier alpha value is -2.70. The minimum Gasteiger partial charge on any atom is -0.456 e. The van der Waals surface area contributed by atoms with E-state index >= 15 is 0 Å². The Labute approximate surface area is 204 Å². The second-order valence-electron chi connectivity index (χ2n) is 8.78. The monoisotopic (exact) mass is 510 g/mol. The highest BCUT2D eigenvalue weighted by Crippen LogP contribution is 2.22. The lowest BCUT2D eigenvalue weighted by atomic mass is 10.1. The Morgan fingerprint density at radius 2 is 1.76 bits per heavy atom. The van der Waals surface area contributed by atoms with Crippen LogP contribution in [0.2, 0.25) is 0 Å². The molecule has 2 aromatic carbocycles. The van der Waals surface area contributed by atoms with E-state index in [1.165, 1.54) is 0 Å². The quantitative estimate of drug-likeness (QED) is 0.246. The van der Waals surface area contributed by atoms with E-state index < -0.39 is 5.60 Å². The fourth-order valence-corrected chi connectivity index (χ4v) is 3.86. The molecular weight excluding hydrogens is 480 g/mol. The molecule has 0 spiro atoms. The van der Waals surface area contributed by atoms with Crippen LogP contribution in [0.3, 0.4) is 0 Å². The largest absolute Gasteiger partial charge is 0.456 e. The van der Waals surface area contributed by atoms with Gasteiger partial charge in [0.05, 0.1) is 12.2 Å². The number of benzene rings is 2. The Bertz CT molecular complexity index is 1030. The lowest BCUT2D eigenvalue weighted by Crippen LogP contribution is -2.39. The summed E-state index contributed by atoms with van der Waals surface area (Å²) in [6.45, 7) is 8.81. The predicted molar refractivity (Wildman–Crippen MR) is 135 cm³/mol. The van der Waals surface area contributed by atoms with Crippen LogP contribution in [-0.4, -0.2) is 29.3 Å². The fraction of sp³-hybridized carbons (Fsp3) is 0.333. The molecular formula is C27H31BrN2O3. The van der Waals surface area contributed by atoms with Crippen LogP contribution in [0.4, 0.5) is 5.82 Å². The average molecular weight is 511 g/mol. The zero-order chi connectivity index (χ0) is 23.8. The molecule has 0 saturated carbocycles. The molecule has 174 valence electrons. The Morgan fingerprint density at radius 1 is 1.03 bits per heavy atom. The van der Waals surface area contributed by atoms with Crippen LogP contribution in [0.5, 0.6) is 0 Å². The summed E-state index contributed by atoms with van der Waals surface area (Å²) in [4.78, 5) is 19.1. The number of carbonyl (C=O) groups is 1. The average Bonchev–Trinajstić information content (AvgIpc) is 2.78. The molecule has 0 aliphatic heterocycles. The van der Waals surface area contributed by atoms with Crippen LogP contribution in [-0.2, 0) is 22.5 Å². The van der Waals surface area contributed by atoms with Crippen molar-refractivity contribution in [2.24, 2.45) is 0 Å². The number of halogens is 1. The van der Waals surface area contributed by atoms with Crippen molar-refractivity contribution in [1.82, 2.24) is 4.98 Å². The van der Waals surface area contributed by atoms with Crippen LogP contribution in [0, 0.1) is 0 Å². The number of anilines is 1. The molecule has 0 fully saturated rings. The van der Waals surface area contributed by atoms with E-state index in [1.807, 2.05) is 57.2 Å². The molecule has 1 unspecified atom stereocenters. The molecule has 0 aliphatic rings. The van der Waals surface area contributed by atoms with E-state index in [0.29, 0.717) is 25.1 Å². The van der Waals surface area contributed by atoms with Gasteiger partial charge < -0.3 is 14.4 Å². The maximum Gasteiger partial charge on any atom is 0.340 e. The molecule has 0 saturated heterocycles. The molecule has 0 bridgehead atoms. The molecule has 1 atom stereocenters. The summed E-state index contributed by atoms with van der Waals surface area (Å²) in [5.74, 6) is 0.369. The van der Waals surface area contributed by atoms with Gasteiger partial charge in [-0.15, -0.1) is 0 Å². The van der Waals surface area contributed by atoms with Gasteiger partial charge >= 0.3 is 5.97 Å². The zero-order valence-electron chi connectivity index (χ0n) is 19.6. The van der Waals surface area contributed by atoms with Crippen molar-refractivity contribution in [3.63, 3.8) is 0 Å². The van der Waals surface area contributed by atoms with E-state index in [4.69, 9.17) is 9.47 Å². The molecule has 0 amide bonds. The summed E-state index contributed by atoms with van der Waals surface area (Å²) < 4.78 is 12.9. The number of ether oxygens (including phenoxy) is 2. The maximum atomic E-state index is 12.4. The van der Waals surface area contributed by atoms with Crippen LogP contribution < -0.4 is 4.90 Å². The number of hydrogen-bond donors (Lipinski definition) is 0. The number of hydrogen-bond acceptors (Lipinski definition) is 5. The molecule has 1 heterocycles. The summed E-state index contributed by atoms with van der Waals surface area (Å²) in [6, 6.07) is 22.0. The molecule has 6 heteroatoms. The molecule has 3 aromatic rings. The molecule has 0 N–H and O–H groups in total. The first kappa shape index (κ1) is 24.9. The Balaban J connectivity index is 1.82. The summed E-state index contributed by atoms with van der Waals surface area (Å²) >= 11 is 3.56. The number of nitrogens with zero attached hydrogens (tertiary/aromatic N) is 2. The number of likely N-dealkylation sites (N-methyl/N-ethyl adjacent to an activating group) is 1. The van der Waals surface area contributed by atoms with Crippen molar-refractivity contribution in [3.05, 3.63) is 94.1 Å². The number of carbonyl (C=O) groups excluding carboxylic acids is 1. The smallest absolute Gasteiger partial charge is 0.340 e. The van der Waals surface area contributed by atoms with E-state index in [0.717, 1.165) is 21.4 Å². The summed E-state index contributed by atoms with van der Waals surface area (Å²) in [6.07, 6.45) is 2.03. The van der Waals surface area contributed by atoms with E-state index in [2.05, 4.69) is 57.0 Å². The van der Waals surface area contributed by atoms with Gasteiger partial charge in [-0.3, -0.25) is 0 Å². The first-order valence-corrected chi connectivity index (χ1v) is 11.9. The molecule has 33 heavy (non-hydrogen) atoms. The van der Waals surface area contributed by atoms with Crippen molar-refractivity contribution < 1.29 is 14.3 Å². The van der Waals surface area contributed by atoms with Gasteiger partial charge in [-0.05, 0) is 63.1 Å². The highest BCUT2D eigenvalue weighted by atomic mass is 79.9. The SMILES string of the molecule is CCN(c1ccc(C(=O)OC(C)(C)C)cn1)C(Cc1cccc(Br)c1)OCc1ccccc1. The third-order valence-electron chi connectivity index (χ3n) is 4.95. The van der Waals surface area contributed by atoms with E-state index in [9.17, 15) is 4.79 Å². The van der Waals surface area contributed by atoms with Crippen LogP contribution >= 0.6 is 15.9 Å². The van der Waals surface area contributed by atoms with Gasteiger partial charge in [-0.1, -0.05) is 58.4 Å². The van der Waals surface area contributed by atoms with Gasteiger partial charge in [0.1, 0.15) is 17.6 Å². The van der Waals surface area contributed by atoms with Crippen molar-refractivity contribution in [2.45, 2.75) is 52.6 Å². The van der Waals surface area contributed by atoms with Gasteiger partial charge in [-0.25, -0.2) is 9.78 Å². The van der Waals surface area contributed by atoms with Crippen LogP contribution in [0.25, 0.3) is 0 Å². The Morgan fingerprint density at radius 3 is 2.36 bits per heavy atom. The minimum absolute atomic E-state index is 0.232. The van der Waals surface area contributed by atoms with Crippen molar-refractivity contribution in [1.29, 1.82) is 0 Å². The topological polar surface area (TPSA) is 51.7 Å². The van der Waals surface area contributed by atoms with E-state index in [-0.39, 0.29) is 12.2 Å². The van der Waals surface area contributed by atoms with E-state index in [1.54, 1.807) is 12.3 Å². The molecule has 1 aromatic heterocycles. The maximum absolute atomic E-state index is 12.4. The minimum atomic E-state index is -0.550. The summed E-state index contributed by atoms with van der Waals surface area (Å²) in [5, 5.41) is 0. The Kier molecular flexibility index (Phi) is 8.64. The van der Waals surface area contributed by atoms with Crippen molar-refractivity contribution >= 4 is 27.7 Å². The van der Waals surface area contributed by atoms with Gasteiger partial charge in [0.2, 0.25) is 0 Å². The lowest BCUT2D eigenvalue weighted by molar-refractivity contribution is 0.00691. The first-order chi connectivity index (χ1) is 15.7. The standard InChI is InChI=1S/C27H31BrN2O3/c1-5-30(24-15-14-22(18-29-24)26(31)33-27(2,3)4)25(17-21-12-9-13-23(28)16-21)32-19-20-10-7-6-8-11-20/h6-16,18,25H,5,17,19H2,1-4H3. The summed E-state index contributed by atoms with van der Waals surface area (Å²) in [5.41, 5.74) is 2.15. The van der Waals surface area contributed by atoms with Gasteiger partial charge in [-0.2, -0.15) is 0 Å². The molecule has 5 nitrogen and oxygen atoms in total. The third-order valence-corrected chi connectivity index (χ3v) is 5.44. The predicted octanol–water partition coefficient (Wildman–Crippen LogP) is 6.41. The number of rotatable bonds is 9. The third kappa shape index (κ3) is 7.69. The molecule has 3 rings (SSSR count). The number of aromatic nitrogens is 1. The highest BCUT2D eigenvalue weighted by Gasteiger charge is 2.22. The van der Waals surface area contributed by atoms with Crippen molar-refractivity contribution in [3.8, 4) is 0 Å². The summed E-state index contributed by atoms with van der Waals surface area (Å²) in [7, 11) is 0.